The second-order valence-corrected chi connectivity index (χ2v) is 8.47. The topological polar surface area (TPSA) is 80.8 Å². The summed E-state index contributed by atoms with van der Waals surface area (Å²) in [6, 6.07) is 6.32. The summed E-state index contributed by atoms with van der Waals surface area (Å²) < 4.78 is 0. The number of carbonyl (C=O) groups excluding carboxylic acids is 2. The van der Waals surface area contributed by atoms with E-state index in [-0.39, 0.29) is 29.9 Å². The van der Waals surface area contributed by atoms with E-state index in [9.17, 15) is 9.59 Å². The number of rotatable bonds is 6. The van der Waals surface area contributed by atoms with Crippen LogP contribution in [0.4, 0.5) is 0 Å². The van der Waals surface area contributed by atoms with Crippen molar-refractivity contribution in [3.8, 4) is 0 Å². The Hall–Kier alpha value is -2.03. The molecular formula is C21H32N6O2. The summed E-state index contributed by atoms with van der Waals surface area (Å²) in [5.41, 5.74) is 1.01. The summed E-state index contributed by atoms with van der Waals surface area (Å²) in [4.78, 5) is 35.9. The molecule has 29 heavy (non-hydrogen) atoms. The molecular weight excluding hydrogens is 368 g/mol. The van der Waals surface area contributed by atoms with E-state index in [1.165, 1.54) is 0 Å². The van der Waals surface area contributed by atoms with Crippen LogP contribution in [0.25, 0.3) is 0 Å². The molecule has 0 bridgehead atoms. The minimum atomic E-state index is -0.0891. The van der Waals surface area contributed by atoms with Gasteiger partial charge in [-0.05, 0) is 32.0 Å². The molecule has 0 radical (unpaired) electrons. The Labute approximate surface area is 172 Å². The molecule has 1 aromatic heterocycles. The number of hydrogen-bond acceptors (Lipinski definition) is 6. The van der Waals surface area contributed by atoms with Gasteiger partial charge in [-0.3, -0.25) is 19.5 Å². The minimum Gasteiger partial charge on any atom is -0.353 e. The Morgan fingerprint density at radius 3 is 2.86 bits per heavy atom. The van der Waals surface area contributed by atoms with E-state index in [1.54, 1.807) is 6.20 Å². The third-order valence-corrected chi connectivity index (χ3v) is 6.47. The first-order valence-corrected chi connectivity index (χ1v) is 10.7. The van der Waals surface area contributed by atoms with Gasteiger partial charge in [-0.2, -0.15) is 0 Å². The highest BCUT2D eigenvalue weighted by molar-refractivity contribution is 5.83. The van der Waals surface area contributed by atoms with Gasteiger partial charge in [0.05, 0.1) is 11.7 Å². The van der Waals surface area contributed by atoms with E-state index in [1.807, 2.05) is 23.1 Å². The standard InChI is InChI=1S/C21H32N6O2/c1-25-8-10-26(11-9-25)20(28)6-5-18-14-24-21(29)19-12-17(15-27(18)19)23-13-16-4-2-3-7-22-16/h2-4,7,17-19,23H,5-6,8-15H2,1H3,(H,24,29)/t17-,18-,19+/m0/s1. The van der Waals surface area contributed by atoms with E-state index in [2.05, 4.69) is 32.5 Å². The molecule has 4 rings (SSSR count). The van der Waals surface area contributed by atoms with Gasteiger partial charge in [0, 0.05) is 70.5 Å². The number of piperazine rings is 2. The van der Waals surface area contributed by atoms with E-state index in [0.29, 0.717) is 19.5 Å². The molecule has 3 aliphatic rings. The van der Waals surface area contributed by atoms with Crippen molar-refractivity contribution < 1.29 is 9.59 Å². The normalized spacial score (nSPS) is 28.2. The second-order valence-electron chi connectivity index (χ2n) is 8.47. The van der Waals surface area contributed by atoms with Crippen LogP contribution in [-0.2, 0) is 16.1 Å². The summed E-state index contributed by atoms with van der Waals surface area (Å²) in [7, 11) is 2.10. The highest BCUT2D eigenvalue weighted by atomic mass is 16.2. The van der Waals surface area contributed by atoms with E-state index in [4.69, 9.17) is 0 Å². The number of fused-ring (bicyclic) bond motifs is 1. The molecule has 2 N–H and O–H groups in total. The molecule has 4 heterocycles. The molecule has 2 amide bonds. The van der Waals surface area contributed by atoms with Crippen LogP contribution in [0.15, 0.2) is 24.4 Å². The molecule has 3 fully saturated rings. The lowest BCUT2D eigenvalue weighted by molar-refractivity contribution is -0.133. The zero-order chi connectivity index (χ0) is 20.2. The molecule has 1 aromatic rings. The van der Waals surface area contributed by atoms with Gasteiger partial charge in [0.15, 0.2) is 0 Å². The first-order chi connectivity index (χ1) is 14.1. The fourth-order valence-electron chi connectivity index (χ4n) is 4.65. The quantitative estimate of drug-likeness (QED) is 0.681. The largest absolute Gasteiger partial charge is 0.353 e. The van der Waals surface area contributed by atoms with Crippen molar-refractivity contribution in [1.29, 1.82) is 0 Å². The van der Waals surface area contributed by atoms with Crippen LogP contribution in [0.2, 0.25) is 0 Å². The van der Waals surface area contributed by atoms with Crippen molar-refractivity contribution in [2.75, 3.05) is 46.3 Å². The molecule has 0 aromatic carbocycles. The average Bonchev–Trinajstić information content (AvgIpc) is 3.18. The lowest BCUT2D eigenvalue weighted by Crippen LogP contribution is -2.58. The summed E-state index contributed by atoms with van der Waals surface area (Å²) in [5, 5.41) is 6.61. The third kappa shape index (κ3) is 4.94. The number of hydrogen-bond donors (Lipinski definition) is 2. The minimum absolute atomic E-state index is 0.0891. The van der Waals surface area contributed by atoms with Gasteiger partial charge in [0.2, 0.25) is 11.8 Å². The van der Waals surface area contributed by atoms with Gasteiger partial charge in [-0.25, -0.2) is 0 Å². The summed E-state index contributed by atoms with van der Waals surface area (Å²) >= 11 is 0. The molecule has 3 saturated heterocycles. The third-order valence-electron chi connectivity index (χ3n) is 6.47. The molecule has 3 aliphatic heterocycles. The van der Waals surface area contributed by atoms with Crippen LogP contribution in [0.3, 0.4) is 0 Å². The first-order valence-electron chi connectivity index (χ1n) is 10.7. The highest BCUT2D eigenvalue weighted by Gasteiger charge is 2.43. The lowest BCUT2D eigenvalue weighted by Gasteiger charge is -2.38. The predicted octanol–water partition coefficient (Wildman–Crippen LogP) is -0.333. The maximum absolute atomic E-state index is 12.6. The number of pyridine rings is 1. The van der Waals surface area contributed by atoms with Crippen molar-refractivity contribution in [3.05, 3.63) is 30.1 Å². The van der Waals surface area contributed by atoms with Gasteiger partial charge in [-0.15, -0.1) is 0 Å². The molecule has 0 saturated carbocycles. The van der Waals surface area contributed by atoms with Gasteiger partial charge in [0.25, 0.3) is 0 Å². The Morgan fingerprint density at radius 2 is 2.10 bits per heavy atom. The molecule has 3 atom stereocenters. The van der Waals surface area contributed by atoms with E-state index >= 15 is 0 Å². The molecule has 8 heteroatoms. The number of aromatic nitrogens is 1. The monoisotopic (exact) mass is 400 g/mol. The van der Waals surface area contributed by atoms with Crippen LogP contribution >= 0.6 is 0 Å². The van der Waals surface area contributed by atoms with Crippen molar-refractivity contribution >= 4 is 11.8 Å². The zero-order valence-electron chi connectivity index (χ0n) is 17.2. The summed E-state index contributed by atoms with van der Waals surface area (Å²) in [5.74, 6) is 0.365. The number of nitrogens with zero attached hydrogens (tertiary/aromatic N) is 4. The zero-order valence-corrected chi connectivity index (χ0v) is 17.2. The van der Waals surface area contributed by atoms with Gasteiger partial charge < -0.3 is 20.4 Å². The summed E-state index contributed by atoms with van der Waals surface area (Å²) in [6.45, 7) is 5.73. The van der Waals surface area contributed by atoms with Crippen LogP contribution in [0.1, 0.15) is 25.0 Å². The van der Waals surface area contributed by atoms with Gasteiger partial charge in [-0.1, -0.05) is 6.07 Å². The summed E-state index contributed by atoms with van der Waals surface area (Å²) in [6.07, 6.45) is 3.96. The lowest BCUT2D eigenvalue weighted by atomic mass is 10.0. The number of nitrogens with one attached hydrogen (secondary N) is 2. The Kier molecular flexibility index (Phi) is 6.42. The molecule has 0 unspecified atom stereocenters. The van der Waals surface area contributed by atoms with Crippen molar-refractivity contribution in [2.24, 2.45) is 0 Å². The fourth-order valence-corrected chi connectivity index (χ4v) is 4.65. The molecule has 0 spiro atoms. The van der Waals surface area contributed by atoms with Crippen LogP contribution in [0.5, 0.6) is 0 Å². The smallest absolute Gasteiger partial charge is 0.237 e. The fraction of sp³-hybridized carbons (Fsp3) is 0.667. The van der Waals surface area contributed by atoms with Gasteiger partial charge >= 0.3 is 0 Å². The maximum atomic E-state index is 12.6. The van der Waals surface area contributed by atoms with E-state index in [0.717, 1.165) is 51.3 Å². The average molecular weight is 401 g/mol. The van der Waals surface area contributed by atoms with Crippen LogP contribution < -0.4 is 10.6 Å². The Bertz CT molecular complexity index is 706. The molecule has 158 valence electrons. The molecule has 8 nitrogen and oxygen atoms in total. The number of carbonyl (C=O) groups is 2. The van der Waals surface area contributed by atoms with Crippen molar-refractivity contribution in [1.82, 2.24) is 30.3 Å². The highest BCUT2D eigenvalue weighted by Crippen LogP contribution is 2.26. The van der Waals surface area contributed by atoms with Crippen LogP contribution in [0, 0.1) is 0 Å². The van der Waals surface area contributed by atoms with Gasteiger partial charge in [0.1, 0.15) is 0 Å². The SMILES string of the molecule is CN1CCN(C(=O)CC[C@H]2CNC(=O)[C@H]3C[C@H](NCc4ccccn4)CN23)CC1. The predicted molar refractivity (Wildman–Crippen MR) is 110 cm³/mol. The Morgan fingerprint density at radius 1 is 1.28 bits per heavy atom. The van der Waals surface area contributed by atoms with Crippen LogP contribution in [-0.4, -0.2) is 95.9 Å². The molecule has 0 aliphatic carbocycles. The Balaban J connectivity index is 1.28. The second kappa shape index (κ2) is 9.19. The van der Waals surface area contributed by atoms with Crippen molar-refractivity contribution in [2.45, 2.75) is 43.9 Å². The number of likely N-dealkylation sites (N-methyl/N-ethyl adjacent to an activating group) is 1. The van der Waals surface area contributed by atoms with Crippen molar-refractivity contribution in [3.63, 3.8) is 0 Å². The van der Waals surface area contributed by atoms with E-state index < -0.39 is 0 Å². The number of amides is 2. The maximum Gasteiger partial charge on any atom is 0.237 e. The first kappa shape index (κ1) is 20.3.